The Morgan fingerprint density at radius 2 is 1.14 bits per heavy atom. The molecule has 0 aromatic heterocycles. The SMILES string of the molecule is CC(=O)Nc1ccc(NC(=O)c2ccc(C(C)=O)cc2)cc1. The second kappa shape index (κ2) is 6.67. The van der Waals surface area contributed by atoms with Gasteiger partial charge in [0.25, 0.3) is 5.91 Å². The average Bonchev–Trinajstić information content (AvgIpc) is 2.49. The summed E-state index contributed by atoms with van der Waals surface area (Å²) in [5, 5.41) is 5.40. The predicted octanol–water partition coefficient (Wildman–Crippen LogP) is 3.10. The fraction of sp³-hybridized carbons (Fsp3) is 0.118. The molecule has 112 valence electrons. The van der Waals surface area contributed by atoms with Gasteiger partial charge < -0.3 is 10.6 Å². The number of anilines is 2. The molecule has 0 fully saturated rings. The number of carbonyl (C=O) groups excluding carboxylic acids is 3. The second-order valence-corrected chi connectivity index (χ2v) is 4.85. The number of hydrogen-bond donors (Lipinski definition) is 2. The minimum Gasteiger partial charge on any atom is -0.326 e. The van der Waals surface area contributed by atoms with Crippen LogP contribution in [-0.4, -0.2) is 17.6 Å². The first kappa shape index (κ1) is 15.4. The lowest BCUT2D eigenvalue weighted by Gasteiger charge is -2.07. The molecule has 0 saturated heterocycles. The number of amides is 2. The van der Waals surface area contributed by atoms with Crippen LogP contribution in [0.3, 0.4) is 0 Å². The third-order valence-electron chi connectivity index (χ3n) is 3.02. The van der Waals surface area contributed by atoms with Crippen LogP contribution in [0.5, 0.6) is 0 Å². The van der Waals surface area contributed by atoms with Crippen LogP contribution in [0, 0.1) is 0 Å². The predicted molar refractivity (Wildman–Crippen MR) is 85.1 cm³/mol. The molecule has 0 atom stereocenters. The number of benzene rings is 2. The highest BCUT2D eigenvalue weighted by molar-refractivity contribution is 6.05. The first-order valence-electron chi connectivity index (χ1n) is 6.76. The Kier molecular flexibility index (Phi) is 4.68. The molecule has 0 bridgehead atoms. The van der Waals surface area contributed by atoms with Gasteiger partial charge in [-0.05, 0) is 43.3 Å². The van der Waals surface area contributed by atoms with Crippen molar-refractivity contribution in [2.45, 2.75) is 13.8 Å². The van der Waals surface area contributed by atoms with Gasteiger partial charge in [0.15, 0.2) is 5.78 Å². The highest BCUT2D eigenvalue weighted by Crippen LogP contribution is 2.15. The van der Waals surface area contributed by atoms with E-state index in [0.717, 1.165) is 0 Å². The maximum atomic E-state index is 12.1. The van der Waals surface area contributed by atoms with Crippen molar-refractivity contribution in [3.63, 3.8) is 0 Å². The molecule has 0 radical (unpaired) electrons. The van der Waals surface area contributed by atoms with E-state index in [9.17, 15) is 14.4 Å². The summed E-state index contributed by atoms with van der Waals surface area (Å²) >= 11 is 0. The first-order valence-corrected chi connectivity index (χ1v) is 6.76. The van der Waals surface area contributed by atoms with E-state index < -0.39 is 0 Å². The largest absolute Gasteiger partial charge is 0.326 e. The third-order valence-corrected chi connectivity index (χ3v) is 3.02. The highest BCUT2D eigenvalue weighted by atomic mass is 16.2. The normalized spacial score (nSPS) is 9.91. The molecule has 2 rings (SSSR count). The Labute approximate surface area is 128 Å². The van der Waals surface area contributed by atoms with Crippen molar-refractivity contribution in [3.8, 4) is 0 Å². The van der Waals surface area contributed by atoms with Crippen LogP contribution in [0.15, 0.2) is 48.5 Å². The number of hydrogen-bond acceptors (Lipinski definition) is 3. The number of carbonyl (C=O) groups is 3. The van der Waals surface area contributed by atoms with Crippen LogP contribution in [0.4, 0.5) is 11.4 Å². The molecule has 2 aromatic rings. The quantitative estimate of drug-likeness (QED) is 0.851. The summed E-state index contributed by atoms with van der Waals surface area (Å²) < 4.78 is 0. The topological polar surface area (TPSA) is 75.3 Å². The lowest BCUT2D eigenvalue weighted by atomic mass is 10.1. The summed E-state index contributed by atoms with van der Waals surface area (Å²) in [5.41, 5.74) is 2.32. The standard InChI is InChI=1S/C17H16N2O3/c1-11(20)13-3-5-14(6-4-13)17(22)19-16-9-7-15(8-10-16)18-12(2)21/h3-10H,1-2H3,(H,18,21)(H,19,22). The molecule has 5 nitrogen and oxygen atoms in total. The van der Waals surface area contributed by atoms with Gasteiger partial charge in [0, 0.05) is 29.4 Å². The van der Waals surface area contributed by atoms with Crippen LogP contribution in [0.25, 0.3) is 0 Å². The van der Waals surface area contributed by atoms with E-state index >= 15 is 0 Å². The maximum Gasteiger partial charge on any atom is 0.255 e. The molecule has 0 aliphatic carbocycles. The van der Waals surface area contributed by atoms with Crippen LogP contribution in [0.2, 0.25) is 0 Å². The summed E-state index contributed by atoms with van der Waals surface area (Å²) in [4.78, 5) is 34.2. The summed E-state index contributed by atoms with van der Waals surface area (Å²) in [6.45, 7) is 2.91. The van der Waals surface area contributed by atoms with Crippen molar-refractivity contribution in [3.05, 3.63) is 59.7 Å². The molecule has 0 unspecified atom stereocenters. The van der Waals surface area contributed by atoms with Crippen molar-refractivity contribution in [1.29, 1.82) is 0 Å². The van der Waals surface area contributed by atoms with Gasteiger partial charge in [0.05, 0.1) is 0 Å². The molecule has 0 spiro atoms. The number of Topliss-reactive ketones (excluding diaryl/α,β-unsaturated/α-hetero) is 1. The molecule has 0 saturated carbocycles. The third kappa shape index (κ3) is 4.02. The second-order valence-electron chi connectivity index (χ2n) is 4.85. The molecule has 2 amide bonds. The van der Waals surface area contributed by atoms with Gasteiger partial charge >= 0.3 is 0 Å². The Bertz CT molecular complexity index is 704. The van der Waals surface area contributed by atoms with Crippen molar-refractivity contribution < 1.29 is 14.4 Å². The first-order chi connectivity index (χ1) is 10.5. The molecule has 0 aliphatic heterocycles. The van der Waals surface area contributed by atoms with E-state index in [1.165, 1.54) is 13.8 Å². The molecule has 0 aliphatic rings. The summed E-state index contributed by atoms with van der Waals surface area (Å²) in [6.07, 6.45) is 0. The van der Waals surface area contributed by atoms with Gasteiger partial charge in [0.1, 0.15) is 0 Å². The number of ketones is 1. The van der Waals surface area contributed by atoms with Gasteiger partial charge in [-0.25, -0.2) is 0 Å². The van der Waals surface area contributed by atoms with Crippen molar-refractivity contribution in [1.82, 2.24) is 0 Å². The van der Waals surface area contributed by atoms with Crippen LogP contribution < -0.4 is 10.6 Å². The van der Waals surface area contributed by atoms with Gasteiger partial charge in [-0.1, -0.05) is 12.1 Å². The van der Waals surface area contributed by atoms with E-state index in [1.54, 1.807) is 48.5 Å². The van der Waals surface area contributed by atoms with Crippen molar-refractivity contribution >= 4 is 29.0 Å². The Hall–Kier alpha value is -2.95. The maximum absolute atomic E-state index is 12.1. The zero-order chi connectivity index (χ0) is 16.1. The molecular formula is C17H16N2O3. The van der Waals surface area contributed by atoms with Gasteiger partial charge in [0.2, 0.25) is 5.91 Å². The van der Waals surface area contributed by atoms with E-state index in [-0.39, 0.29) is 17.6 Å². The van der Waals surface area contributed by atoms with E-state index in [0.29, 0.717) is 22.5 Å². The molecular weight excluding hydrogens is 280 g/mol. The Morgan fingerprint density at radius 1 is 0.682 bits per heavy atom. The van der Waals surface area contributed by atoms with E-state index in [2.05, 4.69) is 10.6 Å². The molecule has 0 heterocycles. The van der Waals surface area contributed by atoms with Crippen LogP contribution >= 0.6 is 0 Å². The van der Waals surface area contributed by atoms with Crippen LogP contribution in [-0.2, 0) is 4.79 Å². The number of rotatable bonds is 4. The van der Waals surface area contributed by atoms with Gasteiger partial charge in [-0.2, -0.15) is 0 Å². The smallest absolute Gasteiger partial charge is 0.255 e. The summed E-state index contributed by atoms with van der Waals surface area (Å²) in [7, 11) is 0. The van der Waals surface area contributed by atoms with Crippen molar-refractivity contribution in [2.75, 3.05) is 10.6 Å². The van der Waals surface area contributed by atoms with Gasteiger partial charge in [-0.15, -0.1) is 0 Å². The molecule has 5 heteroatoms. The highest BCUT2D eigenvalue weighted by Gasteiger charge is 2.07. The number of nitrogens with one attached hydrogen (secondary N) is 2. The molecule has 2 N–H and O–H groups in total. The zero-order valence-corrected chi connectivity index (χ0v) is 12.3. The van der Waals surface area contributed by atoms with E-state index in [1.807, 2.05) is 0 Å². The Morgan fingerprint density at radius 3 is 1.59 bits per heavy atom. The summed E-state index contributed by atoms with van der Waals surface area (Å²) in [5.74, 6) is -0.453. The minimum absolute atomic E-state index is 0.0412. The average molecular weight is 296 g/mol. The van der Waals surface area contributed by atoms with Gasteiger partial charge in [-0.3, -0.25) is 14.4 Å². The van der Waals surface area contributed by atoms with Crippen LogP contribution in [0.1, 0.15) is 34.6 Å². The lowest BCUT2D eigenvalue weighted by Crippen LogP contribution is -2.12. The van der Waals surface area contributed by atoms with Crippen molar-refractivity contribution in [2.24, 2.45) is 0 Å². The minimum atomic E-state index is -0.262. The zero-order valence-electron chi connectivity index (χ0n) is 12.3. The monoisotopic (exact) mass is 296 g/mol. The fourth-order valence-electron chi connectivity index (χ4n) is 1.90. The summed E-state index contributed by atoms with van der Waals surface area (Å²) in [6, 6.07) is 13.3. The lowest BCUT2D eigenvalue weighted by molar-refractivity contribution is -0.114. The molecule has 22 heavy (non-hydrogen) atoms. The Balaban J connectivity index is 2.05. The fourth-order valence-corrected chi connectivity index (χ4v) is 1.90. The van der Waals surface area contributed by atoms with E-state index in [4.69, 9.17) is 0 Å². The molecule has 2 aromatic carbocycles.